The maximum absolute atomic E-state index is 12.3. The van der Waals surface area contributed by atoms with E-state index in [1.807, 2.05) is 0 Å². The lowest BCUT2D eigenvalue weighted by Gasteiger charge is -2.07. The Kier molecular flexibility index (Phi) is 6.77. The number of benzene rings is 2. The fourth-order valence-corrected chi connectivity index (χ4v) is 1.54. The molecule has 0 aliphatic rings. The largest absolute Gasteiger partial charge is 0.488 e. The van der Waals surface area contributed by atoms with Gasteiger partial charge in [-0.3, -0.25) is 0 Å². The normalized spacial score (nSPS) is 10.6. The second-order valence-corrected chi connectivity index (χ2v) is 4.43. The molecule has 0 aromatic heterocycles. The van der Waals surface area contributed by atoms with Crippen LogP contribution in [0, 0.1) is 5.82 Å². The molecule has 0 fully saturated rings. The predicted octanol–water partition coefficient (Wildman–Crippen LogP) is -0.109. The van der Waals surface area contributed by atoms with Gasteiger partial charge in [-0.2, -0.15) is 13.2 Å². The first-order valence-corrected chi connectivity index (χ1v) is 6.26. The molecule has 0 aliphatic heterocycles. The maximum atomic E-state index is 12.3. The summed E-state index contributed by atoms with van der Waals surface area (Å²) in [6.45, 7) is 0. The molecule has 2 aromatic carbocycles. The van der Waals surface area contributed by atoms with Crippen molar-refractivity contribution in [3.05, 3.63) is 59.9 Å². The fourth-order valence-electron chi connectivity index (χ4n) is 1.54. The van der Waals surface area contributed by atoms with Gasteiger partial charge < -0.3 is 20.1 Å². The van der Waals surface area contributed by atoms with Crippen LogP contribution < -0.4 is 10.9 Å². The van der Waals surface area contributed by atoms with Crippen LogP contribution in [0.3, 0.4) is 0 Å². The monoisotopic (exact) mass is 330 g/mol. The first-order valence-electron chi connectivity index (χ1n) is 6.26. The zero-order valence-electron chi connectivity index (χ0n) is 11.6. The van der Waals surface area contributed by atoms with E-state index in [4.69, 9.17) is 20.1 Å². The summed E-state index contributed by atoms with van der Waals surface area (Å²) in [5.41, 5.74) is -0.895. The van der Waals surface area contributed by atoms with Crippen molar-refractivity contribution >= 4 is 25.2 Å². The smallest absolute Gasteiger partial charge is 0.423 e. The van der Waals surface area contributed by atoms with Gasteiger partial charge in [-0.1, -0.05) is 36.4 Å². The number of hydrogen-bond donors (Lipinski definition) is 4. The molecule has 2 aromatic rings. The highest BCUT2D eigenvalue weighted by Gasteiger charge is 2.31. The van der Waals surface area contributed by atoms with Gasteiger partial charge >= 0.3 is 20.4 Å². The number of rotatable bonds is 2. The first kappa shape index (κ1) is 19.2. The van der Waals surface area contributed by atoms with E-state index < -0.39 is 31.8 Å². The van der Waals surface area contributed by atoms with Gasteiger partial charge in [0.15, 0.2) is 0 Å². The van der Waals surface area contributed by atoms with Crippen molar-refractivity contribution in [2.24, 2.45) is 0 Å². The van der Waals surface area contributed by atoms with Crippen LogP contribution in [0.5, 0.6) is 0 Å². The number of hydrogen-bond acceptors (Lipinski definition) is 4. The topological polar surface area (TPSA) is 80.9 Å². The molecule has 10 heteroatoms. The molecule has 23 heavy (non-hydrogen) atoms. The van der Waals surface area contributed by atoms with Crippen LogP contribution in [0.4, 0.5) is 17.6 Å². The summed E-state index contributed by atoms with van der Waals surface area (Å²) in [6.07, 6.45) is -4.45. The summed E-state index contributed by atoms with van der Waals surface area (Å²) in [4.78, 5) is 0. The lowest BCUT2D eigenvalue weighted by atomic mass is 9.79. The summed E-state index contributed by atoms with van der Waals surface area (Å²) in [7, 11) is -3.46. The van der Waals surface area contributed by atoms with Gasteiger partial charge in [0.25, 0.3) is 0 Å². The molecule has 0 unspecified atom stereocenters. The SMILES string of the molecule is OB(O)c1cccc(C(F)(F)F)c1.OB(O)c1cccc(F)c1. The molecule has 122 valence electrons. The average molecular weight is 330 g/mol. The zero-order valence-corrected chi connectivity index (χ0v) is 11.6. The standard InChI is InChI=1S/C7H6BF3O2.C6H6BFO2/c9-7(10,11)5-2-1-3-6(4-5)8(12)13;8-6-3-1-2-5(4-6)7(9)10/h1-4,12-13H;1-4,9-10H. The minimum atomic E-state index is -4.45. The van der Waals surface area contributed by atoms with Crippen molar-refractivity contribution in [1.29, 1.82) is 0 Å². The van der Waals surface area contributed by atoms with Gasteiger partial charge in [0.2, 0.25) is 0 Å². The molecule has 0 heterocycles. The van der Waals surface area contributed by atoms with Gasteiger partial charge in [0, 0.05) is 0 Å². The lowest BCUT2D eigenvalue weighted by molar-refractivity contribution is -0.137. The summed E-state index contributed by atoms with van der Waals surface area (Å²) in [6, 6.07) is 9.07. The van der Waals surface area contributed by atoms with Crippen molar-refractivity contribution in [3.63, 3.8) is 0 Å². The lowest BCUT2D eigenvalue weighted by Crippen LogP contribution is -2.30. The fraction of sp³-hybridized carbons (Fsp3) is 0.0769. The molecular formula is C13H12B2F4O4. The second-order valence-electron chi connectivity index (χ2n) is 4.43. The van der Waals surface area contributed by atoms with Crippen LogP contribution in [0.15, 0.2) is 48.5 Å². The molecule has 0 aliphatic carbocycles. The highest BCUT2D eigenvalue weighted by molar-refractivity contribution is 6.58. The van der Waals surface area contributed by atoms with E-state index in [2.05, 4.69) is 0 Å². The van der Waals surface area contributed by atoms with Crippen molar-refractivity contribution in [2.45, 2.75) is 6.18 Å². The Hall–Kier alpha value is -1.87. The molecule has 0 saturated carbocycles. The maximum Gasteiger partial charge on any atom is 0.488 e. The molecule has 2 rings (SSSR count). The number of halogens is 4. The Balaban J connectivity index is 0.000000238. The molecule has 0 atom stereocenters. The van der Waals surface area contributed by atoms with E-state index in [9.17, 15) is 17.6 Å². The van der Waals surface area contributed by atoms with E-state index in [1.165, 1.54) is 24.3 Å². The van der Waals surface area contributed by atoms with Crippen LogP contribution in [0.2, 0.25) is 0 Å². The van der Waals surface area contributed by atoms with E-state index >= 15 is 0 Å². The van der Waals surface area contributed by atoms with Crippen molar-refractivity contribution in [3.8, 4) is 0 Å². The Morgan fingerprint density at radius 2 is 1.22 bits per heavy atom. The van der Waals surface area contributed by atoms with E-state index in [0.717, 1.165) is 18.2 Å². The van der Waals surface area contributed by atoms with E-state index in [1.54, 1.807) is 0 Å². The zero-order chi connectivity index (χ0) is 17.6. The summed E-state index contributed by atoms with van der Waals surface area (Å²) >= 11 is 0. The van der Waals surface area contributed by atoms with Crippen molar-refractivity contribution in [2.75, 3.05) is 0 Å². The van der Waals surface area contributed by atoms with Crippen LogP contribution >= 0.6 is 0 Å². The third-order valence-corrected chi connectivity index (χ3v) is 2.66. The quantitative estimate of drug-likeness (QED) is 0.458. The van der Waals surface area contributed by atoms with Gasteiger partial charge in [0.05, 0.1) is 5.56 Å². The first-order chi connectivity index (χ1) is 10.6. The summed E-state index contributed by atoms with van der Waals surface area (Å²) in [5, 5.41) is 34.3. The Labute approximate surface area is 129 Å². The van der Waals surface area contributed by atoms with Gasteiger partial charge in [0.1, 0.15) is 5.82 Å². The van der Waals surface area contributed by atoms with Gasteiger partial charge in [-0.05, 0) is 23.1 Å². The van der Waals surface area contributed by atoms with E-state index in [0.29, 0.717) is 6.07 Å². The highest BCUT2D eigenvalue weighted by atomic mass is 19.4. The van der Waals surface area contributed by atoms with Gasteiger partial charge in [-0.15, -0.1) is 0 Å². The van der Waals surface area contributed by atoms with Crippen LogP contribution in [-0.4, -0.2) is 34.3 Å². The third-order valence-electron chi connectivity index (χ3n) is 2.66. The van der Waals surface area contributed by atoms with E-state index in [-0.39, 0.29) is 10.9 Å². The molecule has 4 nitrogen and oxygen atoms in total. The highest BCUT2D eigenvalue weighted by Crippen LogP contribution is 2.28. The average Bonchev–Trinajstić information content (AvgIpc) is 2.47. The molecule has 0 radical (unpaired) electrons. The van der Waals surface area contributed by atoms with Crippen LogP contribution in [-0.2, 0) is 6.18 Å². The third kappa shape index (κ3) is 6.41. The molecule has 4 N–H and O–H groups in total. The van der Waals surface area contributed by atoms with Crippen LogP contribution in [0.25, 0.3) is 0 Å². The molecular weight excluding hydrogens is 318 g/mol. The molecule has 0 spiro atoms. The van der Waals surface area contributed by atoms with Crippen molar-refractivity contribution in [1.82, 2.24) is 0 Å². The molecule has 0 saturated heterocycles. The van der Waals surface area contributed by atoms with Crippen molar-refractivity contribution < 1.29 is 37.7 Å². The Bertz CT molecular complexity index is 635. The number of alkyl halides is 3. The summed E-state index contributed by atoms with van der Waals surface area (Å²) < 4.78 is 48.5. The predicted molar refractivity (Wildman–Crippen MR) is 77.5 cm³/mol. The minimum absolute atomic E-state index is 0.167. The Morgan fingerprint density at radius 3 is 1.61 bits per heavy atom. The second kappa shape index (κ2) is 8.11. The van der Waals surface area contributed by atoms with Crippen LogP contribution in [0.1, 0.15) is 5.56 Å². The van der Waals surface area contributed by atoms with Gasteiger partial charge in [-0.25, -0.2) is 4.39 Å². The molecule has 0 bridgehead atoms. The Morgan fingerprint density at radius 1 is 0.739 bits per heavy atom. The molecule has 0 amide bonds. The summed E-state index contributed by atoms with van der Waals surface area (Å²) in [5.74, 6) is -0.467. The minimum Gasteiger partial charge on any atom is -0.423 e.